The topological polar surface area (TPSA) is 47.2 Å². The second kappa shape index (κ2) is 4.72. The van der Waals surface area contributed by atoms with Crippen LogP contribution in [0.1, 0.15) is 18.1 Å². The average molecular weight is 244 g/mol. The minimum atomic E-state index is 0.0980. The lowest BCUT2D eigenvalue weighted by atomic mass is 10.2. The summed E-state index contributed by atoms with van der Waals surface area (Å²) in [4.78, 5) is 11.9. The summed E-state index contributed by atoms with van der Waals surface area (Å²) in [6.07, 6.45) is 6.56. The van der Waals surface area contributed by atoms with E-state index in [0.717, 1.165) is 18.7 Å². The predicted molar refractivity (Wildman–Crippen MR) is 67.0 cm³/mol. The van der Waals surface area contributed by atoms with E-state index in [2.05, 4.69) is 9.88 Å². The van der Waals surface area contributed by atoms with Gasteiger partial charge in [0.25, 0.3) is 0 Å². The normalized spacial score (nSPS) is 21.8. The van der Waals surface area contributed by atoms with Gasteiger partial charge in [-0.05, 0) is 30.7 Å². The van der Waals surface area contributed by atoms with E-state index in [4.69, 9.17) is 4.42 Å². The minimum absolute atomic E-state index is 0.0980. The first-order valence-corrected chi connectivity index (χ1v) is 6.26. The molecular weight excluding hydrogens is 228 g/mol. The van der Waals surface area contributed by atoms with Crippen LogP contribution in [0.4, 0.5) is 0 Å². The van der Waals surface area contributed by atoms with E-state index in [0.29, 0.717) is 6.54 Å². The van der Waals surface area contributed by atoms with Gasteiger partial charge in [0.15, 0.2) is 0 Å². The number of hydrogen-bond donors (Lipinski definition) is 1. The quantitative estimate of drug-likeness (QED) is 0.874. The Hall–Kier alpha value is -1.97. The molecule has 1 N–H and O–H groups in total. The first kappa shape index (κ1) is 11.1. The molecule has 1 aliphatic rings. The number of carbonyl (C=O) groups excluding carboxylic acids is 1. The Balaban J connectivity index is 1.43. The molecule has 2 atom stereocenters. The fourth-order valence-electron chi connectivity index (χ4n) is 2.26. The summed E-state index contributed by atoms with van der Waals surface area (Å²) in [7, 11) is 0. The van der Waals surface area contributed by atoms with Gasteiger partial charge in [-0.3, -0.25) is 4.79 Å². The molecule has 18 heavy (non-hydrogen) atoms. The summed E-state index contributed by atoms with van der Waals surface area (Å²) in [5, 5.41) is 2.97. The van der Waals surface area contributed by atoms with Gasteiger partial charge < -0.3 is 14.3 Å². The molecule has 2 aromatic rings. The third-order valence-electron chi connectivity index (χ3n) is 3.37. The zero-order valence-electron chi connectivity index (χ0n) is 10.1. The highest BCUT2D eigenvalue weighted by molar-refractivity contribution is 5.82. The molecule has 1 fully saturated rings. The molecule has 1 aliphatic carbocycles. The van der Waals surface area contributed by atoms with Gasteiger partial charge in [-0.15, -0.1) is 0 Å². The van der Waals surface area contributed by atoms with Crippen LogP contribution in [0.5, 0.6) is 0 Å². The first-order valence-electron chi connectivity index (χ1n) is 6.26. The summed E-state index contributed by atoms with van der Waals surface area (Å²) < 4.78 is 7.37. The summed E-state index contributed by atoms with van der Waals surface area (Å²) >= 11 is 0. The lowest BCUT2D eigenvalue weighted by Crippen LogP contribution is -2.28. The summed E-state index contributed by atoms with van der Waals surface area (Å²) in [5.41, 5.74) is 0. The van der Waals surface area contributed by atoms with E-state index in [1.807, 2.05) is 36.7 Å². The van der Waals surface area contributed by atoms with Crippen LogP contribution in [0, 0.1) is 5.92 Å². The average Bonchev–Trinajstić information content (AvgIpc) is 2.84. The monoisotopic (exact) mass is 244 g/mol. The Morgan fingerprint density at radius 3 is 2.94 bits per heavy atom. The Bertz CT molecular complexity index is 502. The van der Waals surface area contributed by atoms with Gasteiger partial charge in [0, 0.05) is 37.3 Å². The molecule has 0 spiro atoms. The van der Waals surface area contributed by atoms with E-state index in [9.17, 15) is 4.79 Å². The van der Waals surface area contributed by atoms with E-state index < -0.39 is 0 Å². The number of hydrogen-bond acceptors (Lipinski definition) is 2. The minimum Gasteiger partial charge on any atom is -0.469 e. The molecule has 0 aliphatic heterocycles. The summed E-state index contributed by atoms with van der Waals surface area (Å²) in [6.45, 7) is 1.49. The van der Waals surface area contributed by atoms with E-state index in [1.165, 1.54) is 0 Å². The molecule has 1 saturated carbocycles. The van der Waals surface area contributed by atoms with Crippen LogP contribution in [0.2, 0.25) is 0 Å². The van der Waals surface area contributed by atoms with Crippen molar-refractivity contribution in [2.24, 2.45) is 5.92 Å². The lowest BCUT2D eigenvalue weighted by molar-refractivity contribution is -0.122. The Kier molecular flexibility index (Phi) is 2.92. The standard InChI is InChI=1S/C14H16N2O2/c17-14(15-5-8-16-6-1-2-7-16)12-10-11(12)13-4-3-9-18-13/h1-4,6-7,9,11-12H,5,8,10H2,(H,15,17). The van der Waals surface area contributed by atoms with Crippen molar-refractivity contribution in [3.05, 3.63) is 48.7 Å². The predicted octanol–water partition coefficient (Wildman–Crippen LogP) is 2.00. The van der Waals surface area contributed by atoms with Crippen molar-refractivity contribution in [1.29, 1.82) is 0 Å². The third-order valence-corrected chi connectivity index (χ3v) is 3.37. The molecule has 0 radical (unpaired) electrons. The molecule has 3 rings (SSSR count). The molecule has 2 unspecified atom stereocenters. The Morgan fingerprint density at radius 2 is 2.22 bits per heavy atom. The number of aromatic nitrogens is 1. The Labute approximate surface area is 106 Å². The van der Waals surface area contributed by atoms with Crippen molar-refractivity contribution in [2.75, 3.05) is 6.54 Å². The third kappa shape index (κ3) is 2.32. The molecule has 4 nitrogen and oxygen atoms in total. The molecule has 0 saturated heterocycles. The van der Waals surface area contributed by atoms with Crippen molar-refractivity contribution in [1.82, 2.24) is 9.88 Å². The second-order valence-corrected chi connectivity index (χ2v) is 4.68. The summed E-state index contributed by atoms with van der Waals surface area (Å²) in [5.74, 6) is 1.46. The van der Waals surface area contributed by atoms with Crippen LogP contribution in [0.25, 0.3) is 0 Å². The number of nitrogens with one attached hydrogen (secondary N) is 1. The smallest absolute Gasteiger partial charge is 0.223 e. The molecule has 1 amide bonds. The van der Waals surface area contributed by atoms with Crippen molar-refractivity contribution in [3.8, 4) is 0 Å². The van der Waals surface area contributed by atoms with Gasteiger partial charge in [-0.25, -0.2) is 0 Å². The number of amides is 1. The van der Waals surface area contributed by atoms with Gasteiger partial charge in [0.2, 0.25) is 5.91 Å². The first-order chi connectivity index (χ1) is 8.84. The number of carbonyl (C=O) groups is 1. The molecule has 94 valence electrons. The Morgan fingerprint density at radius 1 is 1.39 bits per heavy atom. The van der Waals surface area contributed by atoms with Crippen molar-refractivity contribution in [3.63, 3.8) is 0 Å². The van der Waals surface area contributed by atoms with Crippen LogP contribution in [0.3, 0.4) is 0 Å². The molecular formula is C14H16N2O2. The highest BCUT2D eigenvalue weighted by Gasteiger charge is 2.45. The van der Waals surface area contributed by atoms with Gasteiger partial charge in [0.1, 0.15) is 5.76 Å². The largest absolute Gasteiger partial charge is 0.469 e. The van der Waals surface area contributed by atoms with Gasteiger partial charge >= 0.3 is 0 Å². The zero-order chi connectivity index (χ0) is 12.4. The van der Waals surface area contributed by atoms with Gasteiger partial charge in [0.05, 0.1) is 6.26 Å². The lowest BCUT2D eigenvalue weighted by Gasteiger charge is -2.05. The molecule has 0 bridgehead atoms. The number of nitrogens with zero attached hydrogens (tertiary/aromatic N) is 1. The molecule has 2 aromatic heterocycles. The van der Waals surface area contributed by atoms with Crippen LogP contribution in [-0.4, -0.2) is 17.0 Å². The zero-order valence-corrected chi connectivity index (χ0v) is 10.1. The number of rotatable bonds is 5. The molecule has 4 heteroatoms. The maximum Gasteiger partial charge on any atom is 0.223 e. The van der Waals surface area contributed by atoms with Crippen molar-refractivity contribution in [2.45, 2.75) is 18.9 Å². The van der Waals surface area contributed by atoms with Crippen molar-refractivity contribution < 1.29 is 9.21 Å². The van der Waals surface area contributed by atoms with E-state index >= 15 is 0 Å². The highest BCUT2D eigenvalue weighted by Crippen LogP contribution is 2.47. The number of furan rings is 1. The molecule has 0 aromatic carbocycles. The summed E-state index contributed by atoms with van der Waals surface area (Å²) in [6, 6.07) is 7.78. The maximum absolute atomic E-state index is 11.9. The fraction of sp³-hybridized carbons (Fsp3) is 0.357. The van der Waals surface area contributed by atoms with E-state index in [1.54, 1.807) is 6.26 Å². The van der Waals surface area contributed by atoms with Crippen LogP contribution >= 0.6 is 0 Å². The van der Waals surface area contributed by atoms with Crippen LogP contribution in [-0.2, 0) is 11.3 Å². The molecule has 2 heterocycles. The van der Waals surface area contributed by atoms with Gasteiger partial charge in [-0.1, -0.05) is 0 Å². The van der Waals surface area contributed by atoms with Crippen molar-refractivity contribution >= 4 is 5.91 Å². The van der Waals surface area contributed by atoms with Gasteiger partial charge in [-0.2, -0.15) is 0 Å². The van der Waals surface area contributed by atoms with Crippen LogP contribution in [0.15, 0.2) is 47.3 Å². The second-order valence-electron chi connectivity index (χ2n) is 4.68. The maximum atomic E-state index is 11.9. The highest BCUT2D eigenvalue weighted by atomic mass is 16.3. The SMILES string of the molecule is O=C(NCCn1cccc1)C1CC1c1ccco1. The van der Waals surface area contributed by atoms with Crippen LogP contribution < -0.4 is 5.32 Å². The fourth-order valence-corrected chi connectivity index (χ4v) is 2.26. The van der Waals surface area contributed by atoms with E-state index in [-0.39, 0.29) is 17.7 Å².